The minimum Gasteiger partial charge on any atom is -0.480 e. The predicted molar refractivity (Wildman–Crippen MR) is 47.8 cm³/mol. The van der Waals surface area contributed by atoms with Crippen LogP contribution in [-0.2, 0) is 4.79 Å². The van der Waals surface area contributed by atoms with Gasteiger partial charge in [-0.3, -0.25) is 9.79 Å². The van der Waals surface area contributed by atoms with E-state index >= 15 is 0 Å². The minimum absolute atomic E-state index is 0.146. The molecule has 3 unspecified atom stereocenters. The third-order valence-electron chi connectivity index (χ3n) is 2.94. The highest BCUT2D eigenvalue weighted by Crippen LogP contribution is 2.33. The lowest BCUT2D eigenvalue weighted by molar-refractivity contribution is -0.153. The fourth-order valence-electron chi connectivity index (χ4n) is 2.13. The second-order valence-corrected chi connectivity index (χ2v) is 3.98. The number of aliphatic imine (C=N–C) groups is 1. The largest absolute Gasteiger partial charge is 0.480 e. The van der Waals surface area contributed by atoms with Gasteiger partial charge in [0.15, 0.2) is 6.04 Å². The van der Waals surface area contributed by atoms with Crippen molar-refractivity contribution in [3.63, 3.8) is 0 Å². The molecule has 0 amide bonds. The fraction of sp³-hybridized carbons (Fsp3) is 0.750. The van der Waals surface area contributed by atoms with E-state index in [1.54, 1.807) is 0 Å². The van der Waals surface area contributed by atoms with Crippen LogP contribution in [0.15, 0.2) is 4.99 Å². The lowest BCUT2D eigenvalue weighted by Gasteiger charge is -2.25. The summed E-state index contributed by atoms with van der Waals surface area (Å²) in [5, 5.41) is 8.62. The summed E-state index contributed by atoms with van der Waals surface area (Å²) < 4.78 is 50.4. The summed E-state index contributed by atoms with van der Waals surface area (Å²) in [6, 6.07) is -2.31. The molecule has 2 N–H and O–H groups in total. The van der Waals surface area contributed by atoms with Crippen LogP contribution in [0, 0.1) is 5.92 Å². The Labute approximate surface area is 93.0 Å². The summed E-state index contributed by atoms with van der Waals surface area (Å²) in [6.07, 6.45) is -5.17. The van der Waals surface area contributed by atoms with Crippen molar-refractivity contribution in [2.45, 2.75) is 24.7 Å². The second-order valence-electron chi connectivity index (χ2n) is 3.98. The first-order valence-corrected chi connectivity index (χ1v) is 4.85. The van der Waals surface area contributed by atoms with Crippen LogP contribution < -0.4 is 5.43 Å². The van der Waals surface area contributed by atoms with E-state index in [1.165, 1.54) is 0 Å². The third-order valence-corrected chi connectivity index (χ3v) is 2.94. The molecular formula is C8H9F4N3O2. The van der Waals surface area contributed by atoms with Crippen molar-refractivity contribution in [3.05, 3.63) is 0 Å². The van der Waals surface area contributed by atoms with Gasteiger partial charge in [0.25, 0.3) is 0 Å². The van der Waals surface area contributed by atoms with Crippen molar-refractivity contribution in [2.24, 2.45) is 10.9 Å². The van der Waals surface area contributed by atoms with Gasteiger partial charge in [0.05, 0.1) is 6.54 Å². The molecule has 0 aromatic heterocycles. The van der Waals surface area contributed by atoms with Gasteiger partial charge in [-0.2, -0.15) is 13.2 Å². The monoisotopic (exact) mass is 255 g/mol. The molecule has 2 aliphatic rings. The van der Waals surface area contributed by atoms with E-state index < -0.39 is 42.3 Å². The molecule has 0 aliphatic carbocycles. The van der Waals surface area contributed by atoms with Crippen molar-refractivity contribution < 1.29 is 27.6 Å². The summed E-state index contributed by atoms with van der Waals surface area (Å²) >= 11 is 0. The zero-order valence-corrected chi connectivity index (χ0v) is 8.41. The van der Waals surface area contributed by atoms with Gasteiger partial charge in [-0.1, -0.05) is 5.23 Å². The van der Waals surface area contributed by atoms with Crippen molar-refractivity contribution in [1.29, 1.82) is 0 Å². The fourth-order valence-corrected chi connectivity index (χ4v) is 2.13. The highest BCUT2D eigenvalue weighted by atomic mass is 19.4. The number of aliphatic carboxylic acids is 1. The molecule has 17 heavy (non-hydrogen) atoms. The first-order chi connectivity index (χ1) is 7.80. The summed E-state index contributed by atoms with van der Waals surface area (Å²) in [5.41, 5.74) is 1.14. The first kappa shape index (κ1) is 12.2. The van der Waals surface area contributed by atoms with Gasteiger partial charge in [0, 0.05) is 18.4 Å². The molecule has 5 nitrogen and oxygen atoms in total. The van der Waals surface area contributed by atoms with Crippen LogP contribution in [0.3, 0.4) is 0 Å². The van der Waals surface area contributed by atoms with E-state index in [9.17, 15) is 22.4 Å². The first-order valence-electron chi connectivity index (χ1n) is 4.85. The van der Waals surface area contributed by atoms with Gasteiger partial charge in [0.2, 0.25) is 0 Å². The number of hydrazine groups is 1. The van der Waals surface area contributed by atoms with E-state index in [1.807, 2.05) is 0 Å². The van der Waals surface area contributed by atoms with Crippen LogP contribution in [0.5, 0.6) is 0 Å². The van der Waals surface area contributed by atoms with Crippen molar-refractivity contribution in [1.82, 2.24) is 10.7 Å². The Balaban J connectivity index is 2.20. The Kier molecular flexibility index (Phi) is 2.82. The average Bonchev–Trinajstić information content (AvgIpc) is 2.50. The van der Waals surface area contributed by atoms with Gasteiger partial charge in [-0.15, -0.1) is 4.48 Å². The molecular weight excluding hydrogens is 246 g/mol. The van der Waals surface area contributed by atoms with Crippen LogP contribution in [0.2, 0.25) is 0 Å². The SMILES string of the molecule is O=C(O)C1C2CC(C(F)(F)F)=NCC2NN1F. The Morgan fingerprint density at radius 3 is 2.71 bits per heavy atom. The van der Waals surface area contributed by atoms with Crippen LogP contribution >= 0.6 is 0 Å². The number of carboxylic acid groups (broad SMARTS) is 1. The van der Waals surface area contributed by atoms with Crippen molar-refractivity contribution in [2.75, 3.05) is 6.54 Å². The topological polar surface area (TPSA) is 64.9 Å². The summed E-state index contributed by atoms with van der Waals surface area (Å²) in [4.78, 5) is 14.1. The molecule has 0 aromatic rings. The highest BCUT2D eigenvalue weighted by Gasteiger charge is 2.51. The molecule has 1 fully saturated rings. The molecule has 9 heteroatoms. The average molecular weight is 255 g/mol. The zero-order valence-electron chi connectivity index (χ0n) is 8.41. The molecule has 0 saturated carbocycles. The molecule has 0 bridgehead atoms. The molecule has 96 valence electrons. The molecule has 2 rings (SSSR count). The standard InChI is InChI=1S/C8H9F4N3O2/c9-8(10,11)5-1-3-4(2-13-5)14-15(12)6(3)7(16)17/h3-4,6,14H,1-2H2,(H,16,17). The Morgan fingerprint density at radius 2 is 2.18 bits per heavy atom. The number of halogens is 4. The van der Waals surface area contributed by atoms with E-state index in [4.69, 9.17) is 5.11 Å². The van der Waals surface area contributed by atoms with Crippen LogP contribution in [-0.4, -0.2) is 46.8 Å². The minimum atomic E-state index is -4.59. The van der Waals surface area contributed by atoms with Gasteiger partial charge in [0.1, 0.15) is 5.71 Å². The Morgan fingerprint density at radius 1 is 1.53 bits per heavy atom. The Hall–Kier alpha value is -1.22. The highest BCUT2D eigenvalue weighted by molar-refractivity contribution is 5.91. The molecule has 2 aliphatic heterocycles. The van der Waals surface area contributed by atoms with E-state index in [0.29, 0.717) is 0 Å². The predicted octanol–water partition coefficient (Wildman–Crippen LogP) is 0.536. The van der Waals surface area contributed by atoms with Crippen molar-refractivity contribution in [3.8, 4) is 0 Å². The second kappa shape index (κ2) is 3.91. The van der Waals surface area contributed by atoms with Gasteiger partial charge < -0.3 is 5.11 Å². The number of alkyl halides is 3. The number of fused-ring (bicyclic) bond motifs is 1. The molecule has 0 radical (unpaired) electrons. The molecule has 0 spiro atoms. The number of carboxylic acids is 1. The summed E-state index contributed by atoms with van der Waals surface area (Å²) in [6.45, 7) is -0.274. The number of carbonyl (C=O) groups is 1. The normalized spacial score (nSPS) is 34.4. The number of hydrogen-bond acceptors (Lipinski definition) is 4. The maximum absolute atomic E-state index is 13.2. The lowest BCUT2D eigenvalue weighted by Crippen LogP contribution is -2.42. The maximum Gasteiger partial charge on any atom is 0.429 e. The van der Waals surface area contributed by atoms with E-state index in [0.717, 1.165) is 0 Å². The summed E-state index contributed by atoms with van der Waals surface area (Å²) in [5.74, 6) is -2.46. The van der Waals surface area contributed by atoms with Gasteiger partial charge in [-0.05, 0) is 0 Å². The molecule has 3 atom stereocenters. The number of hydrogen-bond donors (Lipinski definition) is 2. The van der Waals surface area contributed by atoms with Crippen LogP contribution in [0.4, 0.5) is 17.7 Å². The third kappa shape index (κ3) is 2.12. The lowest BCUT2D eigenvalue weighted by atomic mass is 9.86. The maximum atomic E-state index is 13.2. The smallest absolute Gasteiger partial charge is 0.429 e. The van der Waals surface area contributed by atoms with Crippen molar-refractivity contribution >= 4 is 11.7 Å². The molecule has 1 saturated heterocycles. The van der Waals surface area contributed by atoms with Crippen LogP contribution in [0.1, 0.15) is 6.42 Å². The number of nitrogens with zero attached hydrogens (tertiary/aromatic N) is 2. The Bertz CT molecular complexity index is 370. The van der Waals surface area contributed by atoms with Crippen LogP contribution in [0.25, 0.3) is 0 Å². The number of rotatable bonds is 1. The molecule has 0 aromatic carbocycles. The zero-order chi connectivity index (χ0) is 12.8. The van der Waals surface area contributed by atoms with E-state index in [-0.39, 0.29) is 11.8 Å². The summed E-state index contributed by atoms with van der Waals surface area (Å²) in [7, 11) is 0. The quantitative estimate of drug-likeness (QED) is 0.530. The number of nitrogens with one attached hydrogen (secondary N) is 1. The van der Waals surface area contributed by atoms with E-state index in [2.05, 4.69) is 10.4 Å². The molecule has 2 heterocycles. The van der Waals surface area contributed by atoms with Gasteiger partial charge >= 0.3 is 12.1 Å². The van der Waals surface area contributed by atoms with Gasteiger partial charge in [-0.25, -0.2) is 5.43 Å².